The molecule has 2 unspecified atom stereocenters. The Morgan fingerprint density at radius 3 is 2.59 bits per heavy atom. The molecule has 3 atom stereocenters. The second-order valence-electron chi connectivity index (χ2n) is 15.9. The fourth-order valence-corrected chi connectivity index (χ4v) is 11.3. The molecule has 4 heterocycles. The van der Waals surface area contributed by atoms with Crippen LogP contribution in [0.3, 0.4) is 0 Å². The summed E-state index contributed by atoms with van der Waals surface area (Å²) >= 11 is 0. The molecule has 4 aliphatic rings. The molecule has 258 valence electrons. The van der Waals surface area contributed by atoms with Gasteiger partial charge in [-0.1, -0.05) is 50.3 Å². The number of benzene rings is 1. The average Bonchev–Trinajstić information content (AvgIpc) is 3.69. The zero-order valence-corrected chi connectivity index (χ0v) is 29.9. The Balaban J connectivity index is 1.29. The van der Waals surface area contributed by atoms with E-state index in [0.29, 0.717) is 29.7 Å². The van der Waals surface area contributed by atoms with E-state index in [9.17, 15) is 4.79 Å². The summed E-state index contributed by atoms with van der Waals surface area (Å²) in [7, 11) is -2.17. The van der Waals surface area contributed by atoms with Crippen molar-refractivity contribution in [2.75, 3.05) is 19.6 Å². The van der Waals surface area contributed by atoms with Crippen molar-refractivity contribution in [1.29, 1.82) is 0 Å². The van der Waals surface area contributed by atoms with Crippen molar-refractivity contribution in [2.45, 2.75) is 75.9 Å². The first-order valence-electron chi connectivity index (χ1n) is 18.0. The molecule has 1 saturated heterocycles. The lowest BCUT2D eigenvalue weighted by atomic mass is 9.57. The number of H-pyrrole nitrogens is 1. The molecule has 1 aliphatic heterocycles. The van der Waals surface area contributed by atoms with Crippen LogP contribution in [0.2, 0.25) is 0 Å². The first-order chi connectivity index (χ1) is 23.5. The van der Waals surface area contributed by atoms with Gasteiger partial charge in [0.05, 0.1) is 0 Å². The fourth-order valence-electron chi connectivity index (χ4n) is 9.29. The second kappa shape index (κ2) is 11.9. The smallest absolute Gasteiger partial charge is 0.273 e. The first kappa shape index (κ1) is 32.4. The molecule has 3 fully saturated rings. The van der Waals surface area contributed by atoms with Gasteiger partial charge in [-0.15, -0.1) is 10.2 Å². The molecule has 9 nitrogen and oxygen atoms in total. The van der Waals surface area contributed by atoms with Crippen molar-refractivity contribution >= 4 is 26.5 Å². The summed E-state index contributed by atoms with van der Waals surface area (Å²) < 4.78 is 32.9. The predicted octanol–water partition coefficient (Wildman–Crippen LogP) is 6.09. The number of aryl methyl sites for hydroxylation is 1. The lowest BCUT2D eigenvalue weighted by Gasteiger charge is -2.47. The normalized spacial score (nSPS) is 29.4. The molecule has 8 rings (SSSR count). The molecular weight excluding hydrogens is 633 g/mol. The van der Waals surface area contributed by atoms with E-state index in [4.69, 9.17) is 0 Å². The molecule has 3 aliphatic carbocycles. The standard InChI is InChI=1S/C39H48N6O3S/c1-26-7-6-15-44(23-26)24-33-18-31(28-10-11-28)19-34(38(33,3)49(47,48)45-16-13-29-12-14-40-37(46)36(29)45)30-8-5-9-32(17-30)39(20-27(2)21-39)22-35-42-41-25-43(35)4/h5,8-9,12-14,16-19,25-28,33H,6-7,10-11,15,20-24H2,1-4H3,(H,40,46)/t26?,27?,33?,38-,39?/m0/s1. The molecule has 3 aromatic heterocycles. The number of allylic oxidation sites excluding steroid dienone is 2. The monoisotopic (exact) mass is 680 g/mol. The highest BCUT2D eigenvalue weighted by Gasteiger charge is 2.53. The molecular formula is C39H48N6O3S. The lowest BCUT2D eigenvalue weighted by Crippen LogP contribution is -2.52. The molecule has 2 saturated carbocycles. The van der Waals surface area contributed by atoms with E-state index in [1.54, 1.807) is 30.9 Å². The van der Waals surface area contributed by atoms with Crippen molar-refractivity contribution in [3.05, 3.63) is 100 Å². The maximum Gasteiger partial charge on any atom is 0.273 e. The maximum absolute atomic E-state index is 15.5. The van der Waals surface area contributed by atoms with E-state index in [0.717, 1.165) is 68.6 Å². The number of piperidine rings is 1. The number of pyridine rings is 1. The zero-order valence-electron chi connectivity index (χ0n) is 29.1. The van der Waals surface area contributed by atoms with Gasteiger partial charge in [0.15, 0.2) is 0 Å². The van der Waals surface area contributed by atoms with Crippen molar-refractivity contribution in [2.24, 2.45) is 30.7 Å². The second-order valence-corrected chi connectivity index (χ2v) is 18.0. The van der Waals surface area contributed by atoms with Crippen LogP contribution < -0.4 is 5.56 Å². The van der Waals surface area contributed by atoms with Gasteiger partial charge in [-0.25, -0.2) is 12.4 Å². The molecule has 10 heteroatoms. The molecule has 4 aromatic rings. The summed E-state index contributed by atoms with van der Waals surface area (Å²) in [6, 6.07) is 12.2. The molecule has 0 radical (unpaired) electrons. The van der Waals surface area contributed by atoms with Crippen LogP contribution in [-0.2, 0) is 28.9 Å². The van der Waals surface area contributed by atoms with E-state index in [1.165, 1.54) is 21.5 Å². The number of nitrogens with zero attached hydrogens (tertiary/aromatic N) is 5. The van der Waals surface area contributed by atoms with Crippen molar-refractivity contribution in [1.82, 2.24) is 28.6 Å². The summed E-state index contributed by atoms with van der Waals surface area (Å²) in [5.74, 6) is 2.27. The summed E-state index contributed by atoms with van der Waals surface area (Å²) in [4.78, 5) is 18.4. The Labute approximate surface area is 289 Å². The average molecular weight is 681 g/mol. The third-order valence-electron chi connectivity index (χ3n) is 12.1. The summed E-state index contributed by atoms with van der Waals surface area (Å²) in [5, 5.41) is 9.22. The van der Waals surface area contributed by atoms with Crippen LogP contribution in [0.1, 0.15) is 76.2 Å². The highest BCUT2D eigenvalue weighted by Crippen LogP contribution is 2.53. The van der Waals surface area contributed by atoms with E-state index in [2.05, 4.69) is 70.3 Å². The number of aromatic amines is 1. The van der Waals surface area contributed by atoms with Crippen LogP contribution in [0.15, 0.2) is 77.6 Å². The third-order valence-corrected chi connectivity index (χ3v) is 14.5. The van der Waals surface area contributed by atoms with Crippen LogP contribution in [0.25, 0.3) is 16.5 Å². The van der Waals surface area contributed by atoms with Crippen LogP contribution in [0, 0.1) is 23.7 Å². The van der Waals surface area contributed by atoms with Gasteiger partial charge in [0.2, 0.25) is 10.0 Å². The largest absolute Gasteiger partial charge is 0.327 e. The number of aromatic nitrogens is 5. The van der Waals surface area contributed by atoms with Crippen molar-refractivity contribution in [3.63, 3.8) is 0 Å². The minimum Gasteiger partial charge on any atom is -0.327 e. The Morgan fingerprint density at radius 2 is 1.88 bits per heavy atom. The number of nitrogens with one attached hydrogen (secondary N) is 1. The molecule has 0 bridgehead atoms. The molecule has 1 N–H and O–H groups in total. The van der Waals surface area contributed by atoms with Crippen LogP contribution in [0.5, 0.6) is 0 Å². The highest BCUT2D eigenvalue weighted by atomic mass is 32.2. The predicted molar refractivity (Wildman–Crippen MR) is 194 cm³/mol. The molecule has 1 aromatic carbocycles. The number of rotatable bonds is 9. The summed E-state index contributed by atoms with van der Waals surface area (Å²) in [5.41, 5.74) is 3.91. The molecule has 0 amide bonds. The van der Waals surface area contributed by atoms with Crippen LogP contribution in [0.4, 0.5) is 0 Å². The minimum atomic E-state index is -4.17. The quantitative estimate of drug-likeness (QED) is 0.230. The van der Waals surface area contributed by atoms with Gasteiger partial charge >= 0.3 is 0 Å². The van der Waals surface area contributed by atoms with Gasteiger partial charge in [0.25, 0.3) is 5.56 Å². The summed E-state index contributed by atoms with van der Waals surface area (Å²) in [6.07, 6.45) is 16.8. The number of hydrogen-bond acceptors (Lipinski definition) is 6. The van der Waals surface area contributed by atoms with E-state index in [1.807, 2.05) is 18.5 Å². The topological polar surface area (TPSA) is 106 Å². The van der Waals surface area contributed by atoms with E-state index >= 15 is 8.42 Å². The Bertz CT molecular complexity index is 2130. The Kier molecular flexibility index (Phi) is 7.90. The van der Waals surface area contributed by atoms with E-state index in [-0.39, 0.29) is 16.8 Å². The van der Waals surface area contributed by atoms with Gasteiger partial charge in [-0.2, -0.15) is 0 Å². The van der Waals surface area contributed by atoms with E-state index < -0.39 is 20.3 Å². The van der Waals surface area contributed by atoms with Crippen molar-refractivity contribution < 1.29 is 8.42 Å². The number of likely N-dealkylation sites (tertiary alicyclic amines) is 1. The number of hydrogen-bond donors (Lipinski definition) is 1. The fraction of sp³-hybridized carbons (Fsp3) is 0.513. The lowest BCUT2D eigenvalue weighted by molar-refractivity contribution is 0.152. The third kappa shape index (κ3) is 5.46. The Morgan fingerprint density at radius 1 is 1.06 bits per heavy atom. The zero-order chi connectivity index (χ0) is 34.1. The van der Waals surface area contributed by atoms with Crippen molar-refractivity contribution in [3.8, 4) is 0 Å². The van der Waals surface area contributed by atoms with Crippen LogP contribution in [-0.4, -0.2) is 61.4 Å². The van der Waals surface area contributed by atoms with Crippen LogP contribution >= 0.6 is 0 Å². The minimum absolute atomic E-state index is 0.0941. The maximum atomic E-state index is 15.5. The highest BCUT2D eigenvalue weighted by molar-refractivity contribution is 7.92. The number of fused-ring (bicyclic) bond motifs is 1. The SMILES string of the molecule is CC1CCCN(CC2C=C(C3CC3)C=C(c3cccc(C4(Cc5nncn5C)CC(C)C4)c3)[C@@]2(C)S(=O)(=O)n2ccc3cc[nH]c(=O)c32)C1. The molecule has 49 heavy (non-hydrogen) atoms. The van der Waals surface area contributed by atoms with Gasteiger partial charge in [0, 0.05) is 55.7 Å². The first-order valence-corrected chi connectivity index (χ1v) is 19.5. The summed E-state index contributed by atoms with van der Waals surface area (Å²) in [6.45, 7) is 9.09. The van der Waals surface area contributed by atoms with Gasteiger partial charge in [0.1, 0.15) is 22.4 Å². The van der Waals surface area contributed by atoms with Gasteiger partial charge < -0.3 is 14.5 Å². The molecule has 0 spiro atoms. The van der Waals surface area contributed by atoms with Gasteiger partial charge in [-0.05, 0) is 104 Å². The van der Waals surface area contributed by atoms with Gasteiger partial charge in [-0.3, -0.25) is 4.79 Å². The Hall–Kier alpha value is -3.76.